The molecule has 2 aromatic heterocycles. The quantitative estimate of drug-likeness (QED) is 0.789. The molecule has 0 unspecified atom stereocenters. The highest BCUT2D eigenvalue weighted by atomic mass is 15.3. The number of hydrogen-bond donors (Lipinski definition) is 0. The molecule has 0 saturated carbocycles. The van der Waals surface area contributed by atoms with Crippen LogP contribution in [0.1, 0.15) is 59.9 Å². The fraction of sp³-hybridized carbons (Fsp3) is 0.667. The fourth-order valence-corrected chi connectivity index (χ4v) is 2.30. The summed E-state index contributed by atoms with van der Waals surface area (Å²) in [5.74, 6) is 0. The predicted octanol–water partition coefficient (Wildman–Crippen LogP) is 3.44. The molecule has 0 radical (unpaired) electrons. The van der Waals surface area contributed by atoms with E-state index in [1.165, 1.54) is 0 Å². The van der Waals surface area contributed by atoms with Gasteiger partial charge in [0.15, 0.2) is 5.65 Å². The topological polar surface area (TPSA) is 43.6 Å². The predicted molar refractivity (Wildman–Crippen MR) is 78.4 cm³/mol. The third-order valence-corrected chi connectivity index (χ3v) is 3.22. The van der Waals surface area contributed by atoms with Crippen molar-refractivity contribution < 1.29 is 0 Å². The molecule has 0 atom stereocenters. The summed E-state index contributed by atoms with van der Waals surface area (Å²) in [5.41, 5.74) is 3.05. The monoisotopic (exact) mass is 260 g/mol. The van der Waals surface area contributed by atoms with Gasteiger partial charge in [-0.2, -0.15) is 5.10 Å². The third kappa shape index (κ3) is 2.36. The molecule has 4 nitrogen and oxygen atoms in total. The van der Waals surface area contributed by atoms with Crippen molar-refractivity contribution >= 4 is 11.0 Å². The summed E-state index contributed by atoms with van der Waals surface area (Å²) in [6, 6.07) is 0. The number of hydrogen-bond acceptors (Lipinski definition) is 3. The smallest absolute Gasteiger partial charge is 0.162 e. The molecule has 0 bridgehead atoms. The van der Waals surface area contributed by atoms with Crippen LogP contribution in [0.15, 0.2) is 6.33 Å². The summed E-state index contributed by atoms with van der Waals surface area (Å²) in [4.78, 5) is 9.00. The van der Waals surface area contributed by atoms with Gasteiger partial charge in [0.2, 0.25) is 0 Å². The first kappa shape index (κ1) is 14.0. The van der Waals surface area contributed by atoms with Crippen molar-refractivity contribution in [1.29, 1.82) is 0 Å². The molecule has 0 aliphatic heterocycles. The maximum absolute atomic E-state index is 4.77. The zero-order chi connectivity index (χ0) is 14.4. The van der Waals surface area contributed by atoms with E-state index in [0.29, 0.717) is 0 Å². The maximum atomic E-state index is 4.77. The number of aryl methyl sites for hydroxylation is 1. The van der Waals surface area contributed by atoms with E-state index in [1.54, 1.807) is 6.33 Å². The molecule has 104 valence electrons. The van der Waals surface area contributed by atoms with Gasteiger partial charge in [0.25, 0.3) is 0 Å². The van der Waals surface area contributed by atoms with E-state index < -0.39 is 0 Å². The van der Waals surface area contributed by atoms with Crippen molar-refractivity contribution in [3.8, 4) is 0 Å². The van der Waals surface area contributed by atoms with Crippen molar-refractivity contribution in [2.75, 3.05) is 0 Å². The maximum Gasteiger partial charge on any atom is 0.162 e. The van der Waals surface area contributed by atoms with E-state index in [-0.39, 0.29) is 11.0 Å². The standard InChI is InChI=1S/C15H24N4/c1-8-10-11-12(14(2,3)4)16-9-17-13(11)19(18-10)15(5,6)7/h9H,8H2,1-7H3. The molecule has 2 heterocycles. The second kappa shape index (κ2) is 4.29. The van der Waals surface area contributed by atoms with Gasteiger partial charge in [-0.15, -0.1) is 0 Å². The van der Waals surface area contributed by atoms with Gasteiger partial charge in [0.05, 0.1) is 22.3 Å². The summed E-state index contributed by atoms with van der Waals surface area (Å²) < 4.78 is 2.03. The minimum atomic E-state index is -0.0742. The van der Waals surface area contributed by atoms with E-state index in [2.05, 4.69) is 58.4 Å². The van der Waals surface area contributed by atoms with Gasteiger partial charge in [0.1, 0.15) is 6.33 Å². The Bertz CT molecular complexity index is 597. The van der Waals surface area contributed by atoms with Gasteiger partial charge in [0, 0.05) is 5.41 Å². The van der Waals surface area contributed by atoms with Crippen LogP contribution in [0.4, 0.5) is 0 Å². The zero-order valence-corrected chi connectivity index (χ0v) is 13.1. The largest absolute Gasteiger partial charge is 0.242 e. The molecule has 4 heteroatoms. The first-order valence-electron chi connectivity index (χ1n) is 6.90. The van der Waals surface area contributed by atoms with Crippen LogP contribution in [0.2, 0.25) is 0 Å². The zero-order valence-electron chi connectivity index (χ0n) is 13.1. The van der Waals surface area contributed by atoms with Crippen LogP contribution in [0.3, 0.4) is 0 Å². The van der Waals surface area contributed by atoms with Crippen molar-refractivity contribution in [1.82, 2.24) is 19.7 Å². The molecular formula is C15H24N4. The molecule has 0 aromatic carbocycles. The minimum Gasteiger partial charge on any atom is -0.242 e. The lowest BCUT2D eigenvalue weighted by Gasteiger charge is -2.21. The fourth-order valence-electron chi connectivity index (χ4n) is 2.30. The van der Waals surface area contributed by atoms with Crippen molar-refractivity contribution in [2.24, 2.45) is 0 Å². The molecule has 0 spiro atoms. The highest BCUT2D eigenvalue weighted by Gasteiger charge is 2.27. The molecule has 2 aromatic rings. The van der Waals surface area contributed by atoms with Crippen molar-refractivity contribution in [3.05, 3.63) is 17.7 Å². The van der Waals surface area contributed by atoms with Gasteiger partial charge >= 0.3 is 0 Å². The minimum absolute atomic E-state index is 0.00312. The highest BCUT2D eigenvalue weighted by molar-refractivity contribution is 5.82. The van der Waals surface area contributed by atoms with Crippen LogP contribution in [0.5, 0.6) is 0 Å². The van der Waals surface area contributed by atoms with E-state index in [4.69, 9.17) is 5.10 Å². The summed E-state index contributed by atoms with van der Waals surface area (Å²) in [5, 5.41) is 5.90. The molecule has 0 fully saturated rings. The van der Waals surface area contributed by atoms with E-state index in [1.807, 2.05) is 4.68 Å². The van der Waals surface area contributed by atoms with Crippen LogP contribution in [0, 0.1) is 0 Å². The number of nitrogens with zero attached hydrogens (tertiary/aromatic N) is 4. The van der Waals surface area contributed by atoms with E-state index in [0.717, 1.165) is 28.8 Å². The summed E-state index contributed by atoms with van der Waals surface area (Å²) in [6.07, 6.45) is 2.56. The molecule has 0 aliphatic carbocycles. The first-order chi connectivity index (χ1) is 8.66. The lowest BCUT2D eigenvalue weighted by molar-refractivity contribution is 0.363. The van der Waals surface area contributed by atoms with Gasteiger partial charge < -0.3 is 0 Å². The van der Waals surface area contributed by atoms with Crippen LogP contribution in [-0.2, 0) is 17.4 Å². The van der Waals surface area contributed by atoms with Crippen molar-refractivity contribution in [3.63, 3.8) is 0 Å². The van der Waals surface area contributed by atoms with Gasteiger partial charge in [-0.05, 0) is 27.2 Å². The molecule has 2 rings (SSSR count). The summed E-state index contributed by atoms with van der Waals surface area (Å²) >= 11 is 0. The van der Waals surface area contributed by atoms with E-state index in [9.17, 15) is 0 Å². The Morgan fingerprint density at radius 2 is 1.68 bits per heavy atom. The average Bonchev–Trinajstić information content (AvgIpc) is 2.65. The van der Waals surface area contributed by atoms with Crippen LogP contribution >= 0.6 is 0 Å². The average molecular weight is 260 g/mol. The molecule has 0 N–H and O–H groups in total. The van der Waals surface area contributed by atoms with Gasteiger partial charge in [-0.1, -0.05) is 27.7 Å². The highest BCUT2D eigenvalue weighted by Crippen LogP contribution is 2.31. The molecule has 0 aliphatic rings. The van der Waals surface area contributed by atoms with Crippen LogP contribution in [-0.4, -0.2) is 19.7 Å². The molecule has 19 heavy (non-hydrogen) atoms. The number of rotatable bonds is 1. The summed E-state index contributed by atoms with van der Waals surface area (Å²) in [7, 11) is 0. The normalized spacial score (nSPS) is 13.2. The number of fused-ring (bicyclic) bond motifs is 1. The lowest BCUT2D eigenvalue weighted by atomic mass is 9.89. The Balaban J connectivity index is 2.87. The third-order valence-electron chi connectivity index (χ3n) is 3.22. The first-order valence-corrected chi connectivity index (χ1v) is 6.90. The Labute approximate surface area is 115 Å². The van der Waals surface area contributed by atoms with E-state index >= 15 is 0 Å². The van der Waals surface area contributed by atoms with Gasteiger partial charge in [-0.3, -0.25) is 0 Å². The Morgan fingerprint density at radius 3 is 2.16 bits per heavy atom. The Morgan fingerprint density at radius 1 is 1.05 bits per heavy atom. The lowest BCUT2D eigenvalue weighted by Crippen LogP contribution is -2.23. The summed E-state index contributed by atoms with van der Waals surface area (Å²) in [6.45, 7) is 15.1. The van der Waals surface area contributed by atoms with Crippen LogP contribution in [0.25, 0.3) is 11.0 Å². The Kier molecular flexibility index (Phi) is 3.15. The molecule has 0 amide bonds. The molecule has 0 saturated heterocycles. The second-order valence-corrected chi connectivity index (χ2v) is 7.05. The van der Waals surface area contributed by atoms with Gasteiger partial charge in [-0.25, -0.2) is 14.6 Å². The van der Waals surface area contributed by atoms with Crippen LogP contribution < -0.4 is 0 Å². The Hall–Kier alpha value is -1.45. The second-order valence-electron chi connectivity index (χ2n) is 7.05. The number of aromatic nitrogens is 4. The molecular weight excluding hydrogens is 236 g/mol. The van der Waals surface area contributed by atoms with Crippen molar-refractivity contribution in [2.45, 2.75) is 65.8 Å². The SMILES string of the molecule is CCc1nn(C(C)(C)C)c2ncnc(C(C)(C)C)c12.